The Labute approximate surface area is 162 Å². The van der Waals surface area contributed by atoms with Crippen LogP contribution in [0.25, 0.3) is 0 Å². The second-order valence-corrected chi connectivity index (χ2v) is 8.98. The Balaban J connectivity index is 1.25. The Bertz CT molecular complexity index is 474. The Morgan fingerprint density at radius 2 is 2.00 bits per heavy atom. The molecule has 0 amide bonds. The molecule has 7 atom stereocenters. The maximum absolute atomic E-state index is 9.29. The largest absolute Gasteiger partial charge is 0.394 e. The van der Waals surface area contributed by atoms with Gasteiger partial charge in [0.25, 0.3) is 0 Å². The number of quaternary nitrogens is 1. The standard InChI is InChI=1S/C19H37N5O3/c1-23(2)17-8-5-13(10-20-17)18-21-19(27-22-18)16-4-3-9-24(16)11-14-6-7-15(12-25)26-14/h13-22,25H,3-12H2,1-2H3/p+1/t13?,14?,15?,16-,17?,18?,19?/m1/s1. The van der Waals surface area contributed by atoms with Crippen LogP contribution in [-0.2, 0) is 9.57 Å². The SMILES string of the molecule is CN(C)C1CCC(C2NOC([C@H]3CCCN3CC3CCC(CO)O3)N2)C[NH2+]1. The van der Waals surface area contributed by atoms with Gasteiger partial charge in [-0.25, -0.2) is 0 Å². The molecule has 4 rings (SSSR count). The summed E-state index contributed by atoms with van der Waals surface area (Å²) in [6.45, 7) is 3.35. The molecule has 0 spiro atoms. The molecule has 8 nitrogen and oxygen atoms in total. The summed E-state index contributed by atoms with van der Waals surface area (Å²) in [5, 5.41) is 15.5. The first-order valence-electron chi connectivity index (χ1n) is 10.8. The summed E-state index contributed by atoms with van der Waals surface area (Å²) in [4.78, 5) is 10.8. The van der Waals surface area contributed by atoms with E-state index < -0.39 is 0 Å². The number of nitrogens with one attached hydrogen (secondary N) is 2. The van der Waals surface area contributed by atoms with Gasteiger partial charge in [-0.2, -0.15) is 5.48 Å². The first-order chi connectivity index (χ1) is 13.1. The zero-order chi connectivity index (χ0) is 18.8. The van der Waals surface area contributed by atoms with Crippen LogP contribution in [0.3, 0.4) is 0 Å². The lowest BCUT2D eigenvalue weighted by Gasteiger charge is -2.33. The Morgan fingerprint density at radius 3 is 2.70 bits per heavy atom. The van der Waals surface area contributed by atoms with Crippen molar-refractivity contribution >= 4 is 0 Å². The van der Waals surface area contributed by atoms with Crippen LogP contribution in [0.5, 0.6) is 0 Å². The summed E-state index contributed by atoms with van der Waals surface area (Å²) >= 11 is 0. The van der Waals surface area contributed by atoms with Crippen LogP contribution >= 0.6 is 0 Å². The third-order valence-corrected chi connectivity index (χ3v) is 6.95. The van der Waals surface area contributed by atoms with Crippen molar-refractivity contribution in [3.8, 4) is 0 Å². The highest BCUT2D eigenvalue weighted by Gasteiger charge is 2.42. The van der Waals surface area contributed by atoms with E-state index in [1.165, 1.54) is 25.7 Å². The fourth-order valence-corrected chi connectivity index (χ4v) is 5.27. The maximum Gasteiger partial charge on any atom is 0.146 e. The second kappa shape index (κ2) is 9.00. The highest BCUT2D eigenvalue weighted by molar-refractivity contribution is 4.91. The van der Waals surface area contributed by atoms with Gasteiger partial charge in [-0.15, -0.1) is 0 Å². The normalized spacial score (nSPS) is 43.8. The molecular weight excluding hydrogens is 346 g/mol. The molecule has 6 unspecified atom stereocenters. The molecule has 0 saturated carbocycles. The smallest absolute Gasteiger partial charge is 0.146 e. The number of ether oxygens (including phenoxy) is 1. The van der Waals surface area contributed by atoms with Gasteiger partial charge in [0, 0.05) is 18.9 Å². The monoisotopic (exact) mass is 384 g/mol. The van der Waals surface area contributed by atoms with Crippen molar-refractivity contribution in [3.05, 3.63) is 0 Å². The van der Waals surface area contributed by atoms with Crippen molar-refractivity contribution in [2.45, 2.75) is 75.3 Å². The van der Waals surface area contributed by atoms with Gasteiger partial charge in [-0.3, -0.25) is 20.0 Å². The number of hydroxylamine groups is 1. The van der Waals surface area contributed by atoms with Crippen molar-refractivity contribution in [1.82, 2.24) is 20.6 Å². The molecule has 8 heteroatoms. The van der Waals surface area contributed by atoms with Gasteiger partial charge < -0.3 is 15.2 Å². The number of nitrogens with zero attached hydrogens (tertiary/aromatic N) is 2. The van der Waals surface area contributed by atoms with E-state index in [0.717, 1.165) is 32.5 Å². The van der Waals surface area contributed by atoms with E-state index >= 15 is 0 Å². The molecule has 0 aliphatic carbocycles. The first-order valence-corrected chi connectivity index (χ1v) is 10.8. The van der Waals surface area contributed by atoms with Gasteiger partial charge in [0.1, 0.15) is 12.4 Å². The van der Waals surface area contributed by atoms with Gasteiger partial charge in [-0.05, 0) is 52.7 Å². The molecule has 156 valence electrons. The van der Waals surface area contributed by atoms with Gasteiger partial charge in [0.2, 0.25) is 0 Å². The van der Waals surface area contributed by atoms with Crippen LogP contribution < -0.4 is 16.1 Å². The highest BCUT2D eigenvalue weighted by Crippen LogP contribution is 2.28. The average molecular weight is 385 g/mol. The van der Waals surface area contributed by atoms with Crippen LogP contribution in [0, 0.1) is 5.92 Å². The van der Waals surface area contributed by atoms with E-state index in [4.69, 9.17) is 9.57 Å². The number of nitrogens with two attached hydrogens (primary N) is 1. The first kappa shape index (κ1) is 20.0. The molecular formula is C19H38N5O3+. The van der Waals surface area contributed by atoms with Gasteiger partial charge in [0.05, 0.1) is 37.6 Å². The van der Waals surface area contributed by atoms with Crippen LogP contribution in [0.15, 0.2) is 0 Å². The third kappa shape index (κ3) is 4.64. The Kier molecular flexibility index (Phi) is 6.66. The summed E-state index contributed by atoms with van der Waals surface area (Å²) in [6, 6.07) is 0.404. The minimum atomic E-state index is 0.0384. The van der Waals surface area contributed by atoms with Crippen molar-refractivity contribution in [3.63, 3.8) is 0 Å². The summed E-state index contributed by atoms with van der Waals surface area (Å²) in [5.41, 5.74) is 3.29. The quantitative estimate of drug-likeness (QED) is 0.450. The number of rotatable bonds is 6. The van der Waals surface area contributed by atoms with E-state index in [2.05, 4.69) is 40.0 Å². The molecule has 0 bridgehead atoms. The van der Waals surface area contributed by atoms with E-state index in [0.29, 0.717) is 18.1 Å². The summed E-state index contributed by atoms with van der Waals surface area (Å²) < 4.78 is 5.95. The molecule has 27 heavy (non-hydrogen) atoms. The second-order valence-electron chi connectivity index (χ2n) is 8.98. The Hall–Kier alpha value is -0.320. The van der Waals surface area contributed by atoms with Gasteiger partial charge in [-0.1, -0.05) is 0 Å². The van der Waals surface area contributed by atoms with Crippen molar-refractivity contribution in [2.24, 2.45) is 5.92 Å². The van der Waals surface area contributed by atoms with Crippen LogP contribution in [0.4, 0.5) is 0 Å². The Morgan fingerprint density at radius 1 is 1.15 bits per heavy atom. The molecule has 0 aromatic rings. The van der Waals surface area contributed by atoms with Crippen molar-refractivity contribution in [2.75, 3.05) is 40.3 Å². The number of likely N-dealkylation sites (tertiary alicyclic amines) is 1. The molecule has 4 aliphatic heterocycles. The highest BCUT2D eigenvalue weighted by atomic mass is 16.7. The van der Waals surface area contributed by atoms with Crippen LogP contribution in [0.1, 0.15) is 38.5 Å². The zero-order valence-corrected chi connectivity index (χ0v) is 16.8. The minimum Gasteiger partial charge on any atom is -0.394 e. The third-order valence-electron chi connectivity index (χ3n) is 6.95. The van der Waals surface area contributed by atoms with Crippen LogP contribution in [0.2, 0.25) is 0 Å². The van der Waals surface area contributed by atoms with E-state index in [1.54, 1.807) is 0 Å². The van der Waals surface area contributed by atoms with E-state index in [9.17, 15) is 5.11 Å². The summed E-state index contributed by atoms with van der Waals surface area (Å²) in [7, 11) is 4.33. The van der Waals surface area contributed by atoms with Gasteiger partial charge in [0.15, 0.2) is 0 Å². The lowest BCUT2D eigenvalue weighted by atomic mass is 9.94. The molecule has 4 fully saturated rings. The van der Waals surface area contributed by atoms with Gasteiger partial charge >= 0.3 is 0 Å². The average Bonchev–Trinajstić information content (AvgIpc) is 3.42. The fourth-order valence-electron chi connectivity index (χ4n) is 5.27. The topological polar surface area (TPSA) is 85.8 Å². The molecule has 4 aliphatic rings. The zero-order valence-electron chi connectivity index (χ0n) is 16.8. The molecule has 4 heterocycles. The minimum absolute atomic E-state index is 0.0384. The molecule has 0 radical (unpaired) electrons. The van der Waals surface area contributed by atoms with Crippen molar-refractivity contribution < 1.29 is 20.0 Å². The number of hydrogen-bond donors (Lipinski definition) is 4. The number of piperidine rings is 1. The number of aliphatic hydroxyl groups is 1. The molecule has 0 aromatic carbocycles. The van der Waals surface area contributed by atoms with Crippen molar-refractivity contribution in [1.29, 1.82) is 0 Å². The maximum atomic E-state index is 9.29. The number of aliphatic hydroxyl groups excluding tert-OH is 1. The summed E-state index contributed by atoms with van der Waals surface area (Å²) in [5.74, 6) is 0.601. The van der Waals surface area contributed by atoms with Crippen LogP contribution in [-0.4, -0.2) is 92.1 Å². The van der Waals surface area contributed by atoms with E-state index in [-0.39, 0.29) is 31.2 Å². The summed E-state index contributed by atoms with van der Waals surface area (Å²) in [6.07, 6.45) is 8.08. The molecule has 5 N–H and O–H groups in total. The number of hydrogen-bond acceptors (Lipinski definition) is 7. The molecule has 0 aromatic heterocycles. The predicted octanol–water partition coefficient (Wildman–Crippen LogP) is -1.37. The molecule has 4 saturated heterocycles. The van der Waals surface area contributed by atoms with E-state index in [1.807, 2.05) is 0 Å². The lowest BCUT2D eigenvalue weighted by molar-refractivity contribution is -0.721. The lowest BCUT2D eigenvalue weighted by Crippen LogP contribution is -2.96. The predicted molar refractivity (Wildman–Crippen MR) is 101 cm³/mol. The fraction of sp³-hybridized carbons (Fsp3) is 1.00.